The Balaban J connectivity index is 1.53. The van der Waals surface area contributed by atoms with Gasteiger partial charge in [-0.2, -0.15) is 0 Å². The van der Waals surface area contributed by atoms with Crippen LogP contribution in [-0.2, 0) is 6.42 Å². The molecule has 202 valence electrons. The number of hydrogen-bond donors (Lipinski definition) is 0. The molecule has 1 aromatic heterocycles. The van der Waals surface area contributed by atoms with E-state index in [-0.39, 0.29) is 12.5 Å². The van der Waals surface area contributed by atoms with E-state index in [0.29, 0.717) is 53.7 Å². The van der Waals surface area contributed by atoms with Gasteiger partial charge in [-0.05, 0) is 73.4 Å². The maximum atomic E-state index is 13.9. The van der Waals surface area contributed by atoms with Crippen molar-refractivity contribution in [2.24, 2.45) is 0 Å². The summed E-state index contributed by atoms with van der Waals surface area (Å²) in [4.78, 5) is 27.7. The molecular weight excluding hydrogens is 498 g/mol. The van der Waals surface area contributed by atoms with Gasteiger partial charge in [0, 0.05) is 24.1 Å². The van der Waals surface area contributed by atoms with Crippen LogP contribution in [0.15, 0.2) is 69.9 Å². The number of fused-ring (bicyclic) bond motifs is 2. The van der Waals surface area contributed by atoms with Crippen molar-refractivity contribution in [3.05, 3.63) is 93.3 Å². The molecule has 8 heteroatoms. The molecule has 39 heavy (non-hydrogen) atoms. The molecule has 2 heterocycles. The van der Waals surface area contributed by atoms with Crippen LogP contribution in [0.25, 0.3) is 11.0 Å². The van der Waals surface area contributed by atoms with Crippen LogP contribution in [0.2, 0.25) is 0 Å². The van der Waals surface area contributed by atoms with Gasteiger partial charge < -0.3 is 28.3 Å². The topological polar surface area (TPSA) is 87.4 Å². The third kappa shape index (κ3) is 5.14. The minimum Gasteiger partial charge on any atom is -0.493 e. The van der Waals surface area contributed by atoms with Crippen LogP contribution in [-0.4, -0.2) is 44.8 Å². The quantitative estimate of drug-likeness (QED) is 0.285. The van der Waals surface area contributed by atoms with Crippen LogP contribution >= 0.6 is 0 Å². The number of carbonyl (C=O) groups excluding carboxylic acids is 1. The Morgan fingerprint density at radius 3 is 2.51 bits per heavy atom. The SMILES string of the molecule is CCOc1ccccc1C(=O)N1CCc2cc(OC)c(OC)cc2[C@H]1COc1ccc2c(C)cc(=O)oc2c1. The standard InChI is InChI=1S/C31H31NO7/c1-5-37-26-9-7-6-8-23(26)31(34)32-13-12-20-15-28(35-3)29(36-4)17-24(20)25(32)18-38-21-10-11-22-19(2)14-30(33)39-27(22)16-21/h6-11,14-17,25H,5,12-13,18H2,1-4H3/t25-/m1/s1. The molecule has 4 aromatic rings. The van der Waals surface area contributed by atoms with E-state index in [1.54, 1.807) is 32.4 Å². The maximum absolute atomic E-state index is 13.9. The predicted molar refractivity (Wildman–Crippen MR) is 147 cm³/mol. The lowest BCUT2D eigenvalue weighted by Crippen LogP contribution is -2.42. The summed E-state index contributed by atoms with van der Waals surface area (Å²) in [6.07, 6.45) is 0.648. The zero-order chi connectivity index (χ0) is 27.5. The van der Waals surface area contributed by atoms with Gasteiger partial charge in [-0.25, -0.2) is 4.79 Å². The molecule has 1 aliphatic heterocycles. The van der Waals surface area contributed by atoms with E-state index < -0.39 is 11.7 Å². The van der Waals surface area contributed by atoms with Crippen molar-refractivity contribution < 1.29 is 28.2 Å². The summed E-state index contributed by atoms with van der Waals surface area (Å²) >= 11 is 0. The summed E-state index contributed by atoms with van der Waals surface area (Å²) in [5.74, 6) is 2.15. The molecule has 0 unspecified atom stereocenters. The Bertz CT molecular complexity index is 1580. The Hall–Kier alpha value is -4.46. The van der Waals surface area contributed by atoms with Gasteiger partial charge in [-0.1, -0.05) is 12.1 Å². The maximum Gasteiger partial charge on any atom is 0.336 e. The van der Waals surface area contributed by atoms with Crippen molar-refractivity contribution in [2.45, 2.75) is 26.3 Å². The van der Waals surface area contributed by atoms with Gasteiger partial charge in [-0.3, -0.25) is 4.79 Å². The van der Waals surface area contributed by atoms with Crippen molar-refractivity contribution in [2.75, 3.05) is 34.0 Å². The molecule has 1 atom stereocenters. The van der Waals surface area contributed by atoms with Crippen molar-refractivity contribution in [3.8, 4) is 23.0 Å². The lowest BCUT2D eigenvalue weighted by atomic mass is 9.91. The van der Waals surface area contributed by atoms with E-state index >= 15 is 0 Å². The van der Waals surface area contributed by atoms with E-state index in [2.05, 4.69) is 0 Å². The lowest BCUT2D eigenvalue weighted by Gasteiger charge is -2.38. The summed E-state index contributed by atoms with van der Waals surface area (Å²) in [6.45, 7) is 4.87. The molecule has 0 fully saturated rings. The molecule has 0 aliphatic carbocycles. The van der Waals surface area contributed by atoms with Crippen LogP contribution in [0.3, 0.4) is 0 Å². The van der Waals surface area contributed by atoms with Gasteiger partial charge >= 0.3 is 5.63 Å². The second kappa shape index (κ2) is 11.1. The van der Waals surface area contributed by atoms with Crippen molar-refractivity contribution >= 4 is 16.9 Å². The zero-order valence-electron chi connectivity index (χ0n) is 22.5. The van der Waals surface area contributed by atoms with Gasteiger partial charge in [0.05, 0.1) is 32.4 Å². The number of hydrogen-bond acceptors (Lipinski definition) is 7. The summed E-state index contributed by atoms with van der Waals surface area (Å²) in [5, 5.41) is 0.839. The first-order valence-corrected chi connectivity index (χ1v) is 12.9. The number of amides is 1. The third-order valence-corrected chi connectivity index (χ3v) is 7.01. The highest BCUT2D eigenvalue weighted by Gasteiger charge is 2.34. The van der Waals surface area contributed by atoms with Crippen LogP contribution in [0.4, 0.5) is 0 Å². The summed E-state index contributed by atoms with van der Waals surface area (Å²) in [7, 11) is 3.19. The number of rotatable bonds is 8. The number of nitrogens with zero attached hydrogens (tertiary/aromatic N) is 1. The minimum absolute atomic E-state index is 0.145. The van der Waals surface area contributed by atoms with E-state index in [4.69, 9.17) is 23.4 Å². The highest BCUT2D eigenvalue weighted by atomic mass is 16.5. The van der Waals surface area contributed by atoms with Crippen LogP contribution < -0.4 is 24.6 Å². The fourth-order valence-electron chi connectivity index (χ4n) is 5.10. The van der Waals surface area contributed by atoms with E-state index in [1.807, 2.05) is 55.1 Å². The molecule has 0 radical (unpaired) electrons. The number of para-hydroxylation sites is 1. The first-order chi connectivity index (χ1) is 18.9. The average Bonchev–Trinajstić information content (AvgIpc) is 2.94. The molecule has 0 bridgehead atoms. The van der Waals surface area contributed by atoms with Gasteiger partial charge in [0.1, 0.15) is 23.7 Å². The molecule has 5 rings (SSSR count). The average molecular weight is 530 g/mol. The normalized spacial score (nSPS) is 14.6. The molecule has 0 spiro atoms. The van der Waals surface area contributed by atoms with Crippen molar-refractivity contribution in [3.63, 3.8) is 0 Å². The number of aryl methyl sites for hydroxylation is 1. The van der Waals surface area contributed by atoms with Crippen molar-refractivity contribution in [1.29, 1.82) is 0 Å². The number of ether oxygens (including phenoxy) is 4. The van der Waals surface area contributed by atoms with E-state index in [1.165, 1.54) is 6.07 Å². The Labute approximate surface area is 226 Å². The fraction of sp³-hybridized carbons (Fsp3) is 0.290. The molecule has 0 N–H and O–H groups in total. The predicted octanol–water partition coefficient (Wildman–Crippen LogP) is 5.34. The highest BCUT2D eigenvalue weighted by molar-refractivity contribution is 5.97. The third-order valence-electron chi connectivity index (χ3n) is 7.01. The first kappa shape index (κ1) is 26.2. The monoisotopic (exact) mass is 529 g/mol. The van der Waals surface area contributed by atoms with Gasteiger partial charge in [0.25, 0.3) is 5.91 Å². The Kier molecular flexibility index (Phi) is 7.45. The fourth-order valence-corrected chi connectivity index (χ4v) is 5.10. The number of methoxy groups -OCH3 is 2. The molecule has 1 amide bonds. The summed E-state index contributed by atoms with van der Waals surface area (Å²) in [6, 6.07) is 17.6. The molecule has 3 aromatic carbocycles. The second-order valence-corrected chi connectivity index (χ2v) is 9.32. The second-order valence-electron chi connectivity index (χ2n) is 9.32. The Morgan fingerprint density at radius 1 is 0.974 bits per heavy atom. The van der Waals surface area contributed by atoms with Crippen molar-refractivity contribution in [1.82, 2.24) is 4.90 Å². The molecule has 1 aliphatic rings. The van der Waals surface area contributed by atoms with E-state index in [0.717, 1.165) is 22.1 Å². The largest absolute Gasteiger partial charge is 0.493 e. The minimum atomic E-state index is -0.420. The summed E-state index contributed by atoms with van der Waals surface area (Å²) < 4.78 is 28.5. The van der Waals surface area contributed by atoms with Gasteiger partial charge in [0.2, 0.25) is 0 Å². The molecule has 0 saturated carbocycles. The smallest absolute Gasteiger partial charge is 0.336 e. The molecule has 8 nitrogen and oxygen atoms in total. The van der Waals surface area contributed by atoms with E-state index in [9.17, 15) is 9.59 Å². The summed E-state index contributed by atoms with van der Waals surface area (Å²) in [5.41, 5.74) is 3.35. The van der Waals surface area contributed by atoms with Crippen LogP contribution in [0.1, 0.15) is 40.0 Å². The molecular formula is C31H31NO7. The number of benzene rings is 3. The van der Waals surface area contributed by atoms with Gasteiger partial charge in [0.15, 0.2) is 11.5 Å². The van der Waals surface area contributed by atoms with Gasteiger partial charge in [-0.15, -0.1) is 0 Å². The number of carbonyl (C=O) groups is 1. The van der Waals surface area contributed by atoms with Crippen LogP contribution in [0.5, 0.6) is 23.0 Å². The first-order valence-electron chi connectivity index (χ1n) is 12.9. The van der Waals surface area contributed by atoms with Crippen LogP contribution in [0, 0.1) is 6.92 Å². The highest BCUT2D eigenvalue weighted by Crippen LogP contribution is 2.39. The zero-order valence-corrected chi connectivity index (χ0v) is 22.5. The lowest BCUT2D eigenvalue weighted by molar-refractivity contribution is 0.0585. The molecule has 0 saturated heterocycles. The Morgan fingerprint density at radius 2 is 1.74 bits per heavy atom.